The first-order chi connectivity index (χ1) is 17.1. The number of fused-ring (bicyclic) bond motifs is 1. The van der Waals surface area contributed by atoms with Crippen LogP contribution in [0.25, 0.3) is 16.7 Å². The van der Waals surface area contributed by atoms with Gasteiger partial charge in [-0.1, -0.05) is 56.7 Å². The largest absolute Gasteiger partial charge is 0.352 e. The molecule has 1 fully saturated rings. The Bertz CT molecular complexity index is 1320. The molecule has 1 amide bonds. The molecule has 0 N–H and O–H groups in total. The van der Waals surface area contributed by atoms with Gasteiger partial charge in [0.05, 0.1) is 17.3 Å². The molecule has 0 unspecified atom stereocenters. The Labute approximate surface area is 206 Å². The van der Waals surface area contributed by atoms with E-state index < -0.39 is 0 Å². The highest BCUT2D eigenvalue weighted by molar-refractivity contribution is 5.96. The third-order valence-electron chi connectivity index (χ3n) is 6.83. The average Bonchev–Trinajstić information content (AvgIpc) is 3.33. The average molecular weight is 469 g/mol. The Kier molecular flexibility index (Phi) is 6.49. The van der Waals surface area contributed by atoms with Gasteiger partial charge >= 0.3 is 0 Å². The fourth-order valence-corrected chi connectivity index (χ4v) is 4.80. The molecular formula is C28H32N6O. The van der Waals surface area contributed by atoms with Crippen molar-refractivity contribution < 1.29 is 4.79 Å². The minimum Gasteiger partial charge on any atom is -0.352 e. The van der Waals surface area contributed by atoms with Crippen molar-refractivity contribution in [1.82, 2.24) is 24.6 Å². The summed E-state index contributed by atoms with van der Waals surface area (Å²) >= 11 is 0. The number of amides is 1. The number of aryl methyl sites for hydroxylation is 1. The molecule has 180 valence electrons. The first-order valence-electron chi connectivity index (χ1n) is 12.5. The van der Waals surface area contributed by atoms with E-state index in [0.29, 0.717) is 13.1 Å². The molecule has 0 bridgehead atoms. The SMILES string of the molecule is CCC[C@H](C)c1nc(N2CCN(C(=O)c3ccccc3C)CC2)c2cnn(-c3ccccc3)c2n1. The third kappa shape index (κ3) is 4.50. The number of anilines is 1. The highest BCUT2D eigenvalue weighted by atomic mass is 16.2. The van der Waals surface area contributed by atoms with Crippen molar-refractivity contribution in [2.75, 3.05) is 31.1 Å². The van der Waals surface area contributed by atoms with Crippen LogP contribution in [0.4, 0.5) is 5.82 Å². The lowest BCUT2D eigenvalue weighted by Gasteiger charge is -2.36. The lowest BCUT2D eigenvalue weighted by Crippen LogP contribution is -2.49. The van der Waals surface area contributed by atoms with Crippen molar-refractivity contribution >= 4 is 22.8 Å². The summed E-state index contributed by atoms with van der Waals surface area (Å²) in [6.45, 7) is 9.14. The van der Waals surface area contributed by atoms with Crippen LogP contribution < -0.4 is 4.90 Å². The molecule has 2 aromatic carbocycles. The van der Waals surface area contributed by atoms with E-state index >= 15 is 0 Å². The molecule has 1 atom stereocenters. The second-order valence-electron chi connectivity index (χ2n) is 9.32. The van der Waals surface area contributed by atoms with Crippen LogP contribution in [0.2, 0.25) is 0 Å². The maximum atomic E-state index is 13.1. The predicted molar refractivity (Wildman–Crippen MR) is 139 cm³/mol. The standard InChI is InChI=1S/C28H32N6O/c1-4-10-21(3)25-30-26(24-19-29-34(27(24)31-25)22-12-6-5-7-13-22)32-15-17-33(18-16-32)28(35)23-14-9-8-11-20(23)2/h5-9,11-14,19,21H,4,10,15-18H2,1-3H3/t21-/m0/s1. The zero-order valence-corrected chi connectivity index (χ0v) is 20.7. The number of carbonyl (C=O) groups excluding carboxylic acids is 1. The number of rotatable bonds is 6. The minimum atomic E-state index is 0.102. The number of hydrogen-bond acceptors (Lipinski definition) is 5. The summed E-state index contributed by atoms with van der Waals surface area (Å²) in [4.78, 5) is 27.4. The zero-order valence-electron chi connectivity index (χ0n) is 20.7. The summed E-state index contributed by atoms with van der Waals surface area (Å²) < 4.78 is 1.90. The van der Waals surface area contributed by atoms with E-state index in [1.165, 1.54) is 0 Å². The van der Waals surface area contributed by atoms with Gasteiger partial charge in [-0.15, -0.1) is 0 Å². The molecule has 3 heterocycles. The van der Waals surface area contributed by atoms with Gasteiger partial charge in [-0.3, -0.25) is 4.79 Å². The molecule has 2 aromatic heterocycles. The monoisotopic (exact) mass is 468 g/mol. The van der Waals surface area contributed by atoms with Gasteiger partial charge in [0.25, 0.3) is 5.91 Å². The quantitative estimate of drug-likeness (QED) is 0.399. The Hall–Kier alpha value is -3.74. The molecule has 0 spiro atoms. The van der Waals surface area contributed by atoms with E-state index in [4.69, 9.17) is 9.97 Å². The smallest absolute Gasteiger partial charge is 0.254 e. The Morgan fingerprint density at radius 2 is 1.69 bits per heavy atom. The van der Waals surface area contributed by atoms with Gasteiger partial charge in [0, 0.05) is 37.7 Å². The van der Waals surface area contributed by atoms with Crippen LogP contribution in [0.3, 0.4) is 0 Å². The van der Waals surface area contributed by atoms with Crippen LogP contribution in [0.1, 0.15) is 54.4 Å². The van der Waals surface area contributed by atoms with Crippen LogP contribution >= 0.6 is 0 Å². The Morgan fingerprint density at radius 1 is 0.971 bits per heavy atom. The number of nitrogens with zero attached hydrogens (tertiary/aromatic N) is 6. The number of hydrogen-bond donors (Lipinski definition) is 0. The summed E-state index contributed by atoms with van der Waals surface area (Å²) in [7, 11) is 0. The van der Waals surface area contributed by atoms with Crippen LogP contribution in [0, 0.1) is 6.92 Å². The van der Waals surface area contributed by atoms with Gasteiger partial charge in [0.15, 0.2) is 5.65 Å². The molecule has 1 aliphatic rings. The molecule has 0 aliphatic carbocycles. The van der Waals surface area contributed by atoms with Gasteiger partial charge in [-0.25, -0.2) is 14.6 Å². The van der Waals surface area contributed by atoms with E-state index in [-0.39, 0.29) is 11.8 Å². The molecule has 0 radical (unpaired) electrons. The summed E-state index contributed by atoms with van der Waals surface area (Å²) in [6.07, 6.45) is 3.98. The first-order valence-corrected chi connectivity index (χ1v) is 12.5. The number of para-hydroxylation sites is 1. The zero-order chi connectivity index (χ0) is 24.4. The number of aromatic nitrogens is 4. The van der Waals surface area contributed by atoms with Crippen molar-refractivity contribution in [3.05, 3.63) is 77.7 Å². The Morgan fingerprint density at radius 3 is 2.40 bits per heavy atom. The highest BCUT2D eigenvalue weighted by Crippen LogP contribution is 2.30. The highest BCUT2D eigenvalue weighted by Gasteiger charge is 2.27. The van der Waals surface area contributed by atoms with Gasteiger partial charge in [-0.05, 0) is 37.1 Å². The van der Waals surface area contributed by atoms with Crippen LogP contribution in [0.15, 0.2) is 60.8 Å². The summed E-state index contributed by atoms with van der Waals surface area (Å²) in [5.41, 5.74) is 3.61. The molecule has 1 saturated heterocycles. The van der Waals surface area contributed by atoms with Crippen molar-refractivity contribution in [1.29, 1.82) is 0 Å². The van der Waals surface area contributed by atoms with E-state index in [1.807, 2.05) is 77.3 Å². The van der Waals surface area contributed by atoms with Gasteiger partial charge < -0.3 is 9.80 Å². The summed E-state index contributed by atoms with van der Waals surface area (Å²) in [5, 5.41) is 5.63. The van der Waals surface area contributed by atoms with Crippen LogP contribution in [-0.2, 0) is 0 Å². The Balaban J connectivity index is 1.46. The molecule has 4 aromatic rings. The lowest BCUT2D eigenvalue weighted by molar-refractivity contribution is 0.0746. The predicted octanol–water partition coefficient (Wildman–Crippen LogP) is 4.99. The molecule has 7 nitrogen and oxygen atoms in total. The van der Waals surface area contributed by atoms with E-state index in [1.54, 1.807) is 0 Å². The molecule has 7 heteroatoms. The second kappa shape index (κ2) is 9.86. The number of benzene rings is 2. The normalized spacial score (nSPS) is 14.9. The topological polar surface area (TPSA) is 67.2 Å². The third-order valence-corrected chi connectivity index (χ3v) is 6.83. The number of piperazine rings is 1. The fourth-order valence-electron chi connectivity index (χ4n) is 4.80. The van der Waals surface area contributed by atoms with Crippen molar-refractivity contribution in [2.24, 2.45) is 0 Å². The first kappa shape index (κ1) is 23.0. The van der Waals surface area contributed by atoms with Crippen LogP contribution in [-0.4, -0.2) is 56.7 Å². The van der Waals surface area contributed by atoms with E-state index in [2.05, 4.69) is 23.8 Å². The maximum absolute atomic E-state index is 13.1. The molecule has 35 heavy (non-hydrogen) atoms. The lowest BCUT2D eigenvalue weighted by atomic mass is 10.1. The van der Waals surface area contributed by atoms with Gasteiger partial charge in [0.2, 0.25) is 0 Å². The van der Waals surface area contributed by atoms with Gasteiger partial charge in [0.1, 0.15) is 11.6 Å². The van der Waals surface area contributed by atoms with Crippen LogP contribution in [0.5, 0.6) is 0 Å². The van der Waals surface area contributed by atoms with Crippen molar-refractivity contribution in [3.8, 4) is 5.69 Å². The molecule has 0 saturated carbocycles. The summed E-state index contributed by atoms with van der Waals surface area (Å²) in [6, 6.07) is 17.9. The van der Waals surface area contributed by atoms with E-state index in [0.717, 1.165) is 65.4 Å². The molecule has 1 aliphatic heterocycles. The van der Waals surface area contributed by atoms with E-state index in [9.17, 15) is 4.79 Å². The molecule has 5 rings (SSSR count). The van der Waals surface area contributed by atoms with Crippen molar-refractivity contribution in [2.45, 2.75) is 39.5 Å². The number of carbonyl (C=O) groups is 1. The fraction of sp³-hybridized carbons (Fsp3) is 0.357. The molecular weight excluding hydrogens is 436 g/mol. The summed E-state index contributed by atoms with van der Waals surface area (Å²) in [5.74, 6) is 2.12. The maximum Gasteiger partial charge on any atom is 0.254 e. The van der Waals surface area contributed by atoms with Gasteiger partial charge in [-0.2, -0.15) is 5.10 Å². The minimum absolute atomic E-state index is 0.102. The van der Waals surface area contributed by atoms with Crippen molar-refractivity contribution in [3.63, 3.8) is 0 Å². The second-order valence-corrected chi connectivity index (χ2v) is 9.32.